The van der Waals surface area contributed by atoms with Gasteiger partial charge in [0.2, 0.25) is 0 Å². The molecule has 0 unspecified atom stereocenters. The predicted molar refractivity (Wildman–Crippen MR) is 165 cm³/mol. The van der Waals surface area contributed by atoms with E-state index in [-0.39, 0.29) is 0 Å². The molecule has 7 aromatic rings. The van der Waals surface area contributed by atoms with E-state index in [9.17, 15) is 0 Å². The highest BCUT2D eigenvalue weighted by Crippen LogP contribution is 2.45. The number of benzene rings is 7. The van der Waals surface area contributed by atoms with Gasteiger partial charge in [-0.2, -0.15) is 0 Å². The van der Waals surface area contributed by atoms with Gasteiger partial charge in [-0.15, -0.1) is 0 Å². The van der Waals surface area contributed by atoms with E-state index in [0.717, 1.165) is 5.56 Å². The van der Waals surface area contributed by atoms with Crippen molar-refractivity contribution in [2.75, 3.05) is 0 Å². The van der Waals surface area contributed by atoms with Crippen molar-refractivity contribution >= 4 is 43.1 Å². The molecule has 182 valence electrons. The third-order valence-electron chi connectivity index (χ3n) is 7.84. The van der Waals surface area contributed by atoms with Crippen molar-refractivity contribution in [2.45, 2.75) is 19.4 Å². The van der Waals surface area contributed by atoms with Gasteiger partial charge >= 0.3 is 0 Å². The Bertz CT molecular complexity index is 2010. The predicted octanol–water partition coefficient (Wildman–Crippen LogP) is 9.83. The van der Waals surface area contributed by atoms with E-state index in [0.29, 0.717) is 0 Å². The van der Waals surface area contributed by atoms with E-state index in [2.05, 4.69) is 141 Å². The van der Waals surface area contributed by atoms with Crippen molar-refractivity contribution in [1.29, 1.82) is 0 Å². The van der Waals surface area contributed by atoms with Crippen molar-refractivity contribution in [1.82, 2.24) is 0 Å². The SMILES string of the molecule is CC(C)(N)c1ccc2c(-c3ccc4ccccc4c3)c3ccccc3c(-c3ccc4ccccc4c3)c2c1. The summed E-state index contributed by atoms with van der Waals surface area (Å²) in [6.07, 6.45) is 0. The van der Waals surface area contributed by atoms with Gasteiger partial charge in [0.1, 0.15) is 0 Å². The molecule has 0 saturated heterocycles. The van der Waals surface area contributed by atoms with Crippen LogP contribution in [0.4, 0.5) is 0 Å². The Balaban J connectivity index is 1.64. The molecule has 0 heterocycles. The maximum Gasteiger partial charge on any atom is 0.0352 e. The Hall–Kier alpha value is -4.46. The largest absolute Gasteiger partial charge is 0.322 e. The fourth-order valence-corrected chi connectivity index (χ4v) is 5.89. The van der Waals surface area contributed by atoms with E-state index in [1.807, 2.05) is 0 Å². The minimum absolute atomic E-state index is 0.441. The average Bonchev–Trinajstić information content (AvgIpc) is 2.94. The molecule has 0 aliphatic rings. The maximum absolute atomic E-state index is 6.63. The monoisotopic (exact) mass is 487 g/mol. The van der Waals surface area contributed by atoms with Gasteiger partial charge in [0.15, 0.2) is 0 Å². The molecule has 0 aliphatic heterocycles. The number of fused-ring (bicyclic) bond motifs is 4. The molecule has 0 aromatic heterocycles. The van der Waals surface area contributed by atoms with Crippen LogP contribution in [0.3, 0.4) is 0 Å². The second kappa shape index (κ2) is 8.55. The quantitative estimate of drug-likeness (QED) is 0.247. The average molecular weight is 488 g/mol. The number of hydrogen-bond acceptors (Lipinski definition) is 1. The summed E-state index contributed by atoms with van der Waals surface area (Å²) in [5.41, 5.74) is 12.3. The zero-order valence-corrected chi connectivity index (χ0v) is 21.7. The first kappa shape index (κ1) is 22.7. The molecule has 38 heavy (non-hydrogen) atoms. The Labute approximate surface area is 223 Å². The fourth-order valence-electron chi connectivity index (χ4n) is 5.89. The fraction of sp³-hybridized carbons (Fsp3) is 0.0811. The van der Waals surface area contributed by atoms with Crippen LogP contribution in [0.5, 0.6) is 0 Å². The van der Waals surface area contributed by atoms with Gasteiger partial charge in [-0.05, 0) is 103 Å². The highest BCUT2D eigenvalue weighted by Gasteiger charge is 2.20. The van der Waals surface area contributed by atoms with E-state index in [4.69, 9.17) is 5.73 Å². The molecular weight excluding hydrogens is 458 g/mol. The van der Waals surface area contributed by atoms with Crippen LogP contribution in [0.15, 0.2) is 127 Å². The van der Waals surface area contributed by atoms with Gasteiger partial charge in [-0.3, -0.25) is 0 Å². The zero-order chi connectivity index (χ0) is 25.9. The molecule has 2 N–H and O–H groups in total. The molecule has 0 aliphatic carbocycles. The maximum atomic E-state index is 6.63. The number of hydrogen-bond donors (Lipinski definition) is 1. The normalized spacial score (nSPS) is 12.1. The van der Waals surface area contributed by atoms with Crippen molar-refractivity contribution in [3.05, 3.63) is 133 Å². The summed E-state index contributed by atoms with van der Waals surface area (Å²) >= 11 is 0. The summed E-state index contributed by atoms with van der Waals surface area (Å²) in [4.78, 5) is 0. The zero-order valence-electron chi connectivity index (χ0n) is 21.7. The van der Waals surface area contributed by atoms with Crippen LogP contribution in [0, 0.1) is 0 Å². The summed E-state index contributed by atoms with van der Waals surface area (Å²) in [7, 11) is 0. The molecule has 7 aromatic carbocycles. The molecule has 0 radical (unpaired) electrons. The lowest BCUT2D eigenvalue weighted by molar-refractivity contribution is 0.555. The second-order valence-corrected chi connectivity index (χ2v) is 10.9. The van der Waals surface area contributed by atoms with Crippen molar-refractivity contribution in [2.24, 2.45) is 5.73 Å². The van der Waals surface area contributed by atoms with Crippen LogP contribution >= 0.6 is 0 Å². The Morgan fingerprint density at radius 3 is 1.39 bits per heavy atom. The Kier molecular flexibility index (Phi) is 5.11. The minimum Gasteiger partial charge on any atom is -0.322 e. The standard InChI is InChI=1S/C37H29N/c1-37(2,38)30-19-20-33-34(23-30)36(29-18-16-25-10-4-6-12-27(25)22-29)32-14-8-7-13-31(32)35(33)28-17-15-24-9-3-5-11-26(24)21-28/h3-23H,38H2,1-2H3. The lowest BCUT2D eigenvalue weighted by Crippen LogP contribution is -2.28. The van der Waals surface area contributed by atoms with Gasteiger partial charge in [0.25, 0.3) is 0 Å². The molecular formula is C37H29N. The van der Waals surface area contributed by atoms with E-state index < -0.39 is 5.54 Å². The van der Waals surface area contributed by atoms with Gasteiger partial charge in [0.05, 0.1) is 0 Å². The lowest BCUT2D eigenvalue weighted by Gasteiger charge is -2.23. The molecule has 0 amide bonds. The molecule has 0 saturated carbocycles. The second-order valence-electron chi connectivity index (χ2n) is 10.9. The molecule has 1 heteroatoms. The number of nitrogens with two attached hydrogens (primary N) is 1. The number of rotatable bonds is 3. The Morgan fingerprint density at radius 2 is 0.868 bits per heavy atom. The first-order valence-corrected chi connectivity index (χ1v) is 13.2. The summed E-state index contributed by atoms with van der Waals surface area (Å²) in [5.74, 6) is 0. The highest BCUT2D eigenvalue weighted by atomic mass is 14.7. The van der Waals surface area contributed by atoms with Crippen LogP contribution in [-0.4, -0.2) is 0 Å². The smallest absolute Gasteiger partial charge is 0.0352 e. The van der Waals surface area contributed by atoms with Crippen molar-refractivity contribution in [3.63, 3.8) is 0 Å². The molecule has 0 spiro atoms. The first-order valence-electron chi connectivity index (χ1n) is 13.2. The van der Waals surface area contributed by atoms with Gasteiger partial charge in [-0.1, -0.05) is 109 Å². The van der Waals surface area contributed by atoms with Gasteiger partial charge in [-0.25, -0.2) is 0 Å². The van der Waals surface area contributed by atoms with Crippen LogP contribution in [0.2, 0.25) is 0 Å². The summed E-state index contributed by atoms with van der Waals surface area (Å²) in [6.45, 7) is 4.16. The first-order chi connectivity index (χ1) is 18.5. The summed E-state index contributed by atoms with van der Waals surface area (Å²) in [5, 5.41) is 10.00. The molecule has 0 fully saturated rings. The van der Waals surface area contributed by atoms with E-state index in [1.54, 1.807) is 0 Å². The summed E-state index contributed by atoms with van der Waals surface area (Å²) in [6, 6.07) is 46.4. The Morgan fingerprint density at radius 1 is 0.421 bits per heavy atom. The topological polar surface area (TPSA) is 26.0 Å². The molecule has 0 atom stereocenters. The van der Waals surface area contributed by atoms with E-state index in [1.165, 1.54) is 65.3 Å². The van der Waals surface area contributed by atoms with E-state index >= 15 is 0 Å². The van der Waals surface area contributed by atoms with Crippen molar-refractivity contribution in [3.8, 4) is 22.3 Å². The molecule has 7 rings (SSSR count). The third-order valence-corrected chi connectivity index (χ3v) is 7.84. The molecule has 0 bridgehead atoms. The lowest BCUT2D eigenvalue weighted by atomic mass is 9.83. The highest BCUT2D eigenvalue weighted by molar-refractivity contribution is 6.22. The summed E-state index contributed by atoms with van der Waals surface area (Å²) < 4.78 is 0. The third kappa shape index (κ3) is 3.67. The van der Waals surface area contributed by atoms with Gasteiger partial charge in [0, 0.05) is 5.54 Å². The van der Waals surface area contributed by atoms with Crippen LogP contribution in [-0.2, 0) is 5.54 Å². The van der Waals surface area contributed by atoms with Crippen LogP contribution in [0.25, 0.3) is 65.3 Å². The van der Waals surface area contributed by atoms with Gasteiger partial charge < -0.3 is 5.73 Å². The van der Waals surface area contributed by atoms with Crippen molar-refractivity contribution < 1.29 is 0 Å². The van der Waals surface area contributed by atoms with Crippen LogP contribution < -0.4 is 5.73 Å². The molecule has 1 nitrogen and oxygen atoms in total. The van der Waals surface area contributed by atoms with Crippen LogP contribution in [0.1, 0.15) is 19.4 Å². The minimum atomic E-state index is -0.441.